The Morgan fingerprint density at radius 2 is 2.28 bits per heavy atom. The molecule has 2 unspecified atom stereocenters. The average molecular weight is 249 g/mol. The van der Waals surface area contributed by atoms with Crippen LogP contribution in [0.25, 0.3) is 0 Å². The molecular weight excluding hydrogens is 230 g/mol. The van der Waals surface area contributed by atoms with E-state index in [9.17, 15) is 9.90 Å². The summed E-state index contributed by atoms with van der Waals surface area (Å²) in [5.74, 6) is -0.585. The van der Waals surface area contributed by atoms with Crippen LogP contribution in [0.15, 0.2) is 18.6 Å². The van der Waals surface area contributed by atoms with E-state index < -0.39 is 5.97 Å². The third-order valence-corrected chi connectivity index (χ3v) is 3.58. The molecule has 1 saturated carbocycles. The van der Waals surface area contributed by atoms with Gasteiger partial charge in [0.2, 0.25) is 0 Å². The molecule has 0 bridgehead atoms. The summed E-state index contributed by atoms with van der Waals surface area (Å²) in [4.78, 5) is 19.1. The van der Waals surface area contributed by atoms with Gasteiger partial charge in [0, 0.05) is 12.7 Å². The highest BCUT2D eigenvalue weighted by Gasteiger charge is 2.30. The summed E-state index contributed by atoms with van der Waals surface area (Å²) in [6, 6.07) is 1.86. The molecular formula is C13H19N3O2. The van der Waals surface area contributed by atoms with Crippen molar-refractivity contribution in [1.82, 2.24) is 15.3 Å². The summed E-state index contributed by atoms with van der Waals surface area (Å²) in [7, 11) is 0. The van der Waals surface area contributed by atoms with E-state index in [-0.39, 0.29) is 11.8 Å². The van der Waals surface area contributed by atoms with Crippen molar-refractivity contribution in [2.75, 3.05) is 6.54 Å². The van der Waals surface area contributed by atoms with Gasteiger partial charge in [0.25, 0.3) is 0 Å². The molecule has 1 aromatic heterocycles. The van der Waals surface area contributed by atoms with E-state index >= 15 is 0 Å². The van der Waals surface area contributed by atoms with Crippen LogP contribution in [0.1, 0.15) is 31.4 Å². The van der Waals surface area contributed by atoms with Crippen LogP contribution in [-0.2, 0) is 11.3 Å². The molecule has 2 N–H and O–H groups in total. The number of aliphatic carboxylic acids is 1. The van der Waals surface area contributed by atoms with Crippen molar-refractivity contribution >= 4 is 5.97 Å². The third kappa shape index (κ3) is 3.50. The van der Waals surface area contributed by atoms with Crippen LogP contribution in [0.4, 0.5) is 0 Å². The number of carboxylic acid groups (broad SMARTS) is 1. The summed E-state index contributed by atoms with van der Waals surface area (Å²) >= 11 is 0. The standard InChI is InChI=1S/C13H19N3O2/c17-13(18)12-4-2-1-3-10(12)7-15-8-11-5-6-14-9-16-11/h5-6,9-10,12,15H,1-4,7-8H2,(H,17,18). The van der Waals surface area contributed by atoms with Crippen molar-refractivity contribution in [1.29, 1.82) is 0 Å². The van der Waals surface area contributed by atoms with E-state index in [4.69, 9.17) is 0 Å². The van der Waals surface area contributed by atoms with Crippen LogP contribution in [0.2, 0.25) is 0 Å². The summed E-state index contributed by atoms with van der Waals surface area (Å²) in [5, 5.41) is 12.5. The van der Waals surface area contributed by atoms with Crippen LogP contribution in [0, 0.1) is 11.8 Å². The number of rotatable bonds is 5. The van der Waals surface area contributed by atoms with Gasteiger partial charge in [-0.1, -0.05) is 12.8 Å². The monoisotopic (exact) mass is 249 g/mol. The molecule has 5 heteroatoms. The smallest absolute Gasteiger partial charge is 0.306 e. The Bertz CT molecular complexity index is 383. The largest absolute Gasteiger partial charge is 0.481 e. The lowest BCUT2D eigenvalue weighted by Crippen LogP contribution is -2.34. The Hall–Kier alpha value is -1.49. The van der Waals surface area contributed by atoms with Gasteiger partial charge in [0.05, 0.1) is 11.6 Å². The minimum Gasteiger partial charge on any atom is -0.481 e. The molecule has 98 valence electrons. The van der Waals surface area contributed by atoms with Gasteiger partial charge in [-0.05, 0) is 31.4 Å². The molecule has 1 aliphatic rings. The Labute approximate surface area is 107 Å². The van der Waals surface area contributed by atoms with Crippen molar-refractivity contribution in [3.63, 3.8) is 0 Å². The van der Waals surface area contributed by atoms with Crippen LogP contribution >= 0.6 is 0 Å². The lowest BCUT2D eigenvalue weighted by Gasteiger charge is -2.28. The first kappa shape index (κ1) is 13.0. The number of hydrogen-bond acceptors (Lipinski definition) is 4. The number of carbonyl (C=O) groups is 1. The second kappa shape index (κ2) is 6.44. The van der Waals surface area contributed by atoms with Gasteiger partial charge in [-0.2, -0.15) is 0 Å². The maximum absolute atomic E-state index is 11.1. The van der Waals surface area contributed by atoms with Gasteiger partial charge < -0.3 is 10.4 Å². The zero-order valence-corrected chi connectivity index (χ0v) is 10.4. The minimum atomic E-state index is -0.650. The van der Waals surface area contributed by atoms with Crippen LogP contribution in [0.5, 0.6) is 0 Å². The van der Waals surface area contributed by atoms with Crippen molar-refractivity contribution in [3.8, 4) is 0 Å². The molecule has 0 saturated heterocycles. The topological polar surface area (TPSA) is 75.1 Å². The van der Waals surface area contributed by atoms with E-state index in [0.717, 1.165) is 37.9 Å². The fourth-order valence-electron chi connectivity index (χ4n) is 2.59. The van der Waals surface area contributed by atoms with Gasteiger partial charge >= 0.3 is 5.97 Å². The first-order chi connectivity index (χ1) is 8.77. The van der Waals surface area contributed by atoms with Crippen molar-refractivity contribution in [2.45, 2.75) is 32.2 Å². The van der Waals surface area contributed by atoms with Gasteiger partial charge in [-0.3, -0.25) is 4.79 Å². The van der Waals surface area contributed by atoms with E-state index in [2.05, 4.69) is 15.3 Å². The Kier molecular flexibility index (Phi) is 4.64. The number of aromatic nitrogens is 2. The van der Waals surface area contributed by atoms with Crippen molar-refractivity contribution < 1.29 is 9.90 Å². The molecule has 0 spiro atoms. The zero-order valence-electron chi connectivity index (χ0n) is 10.4. The summed E-state index contributed by atoms with van der Waals surface area (Å²) < 4.78 is 0. The number of nitrogens with zero attached hydrogens (tertiary/aromatic N) is 2. The molecule has 1 fully saturated rings. The summed E-state index contributed by atoms with van der Waals surface area (Å²) in [6.45, 7) is 1.42. The molecule has 2 atom stereocenters. The van der Waals surface area contributed by atoms with E-state index in [1.165, 1.54) is 6.33 Å². The molecule has 1 aromatic rings. The van der Waals surface area contributed by atoms with Gasteiger partial charge in [0.1, 0.15) is 6.33 Å². The highest BCUT2D eigenvalue weighted by molar-refractivity contribution is 5.70. The molecule has 0 aliphatic heterocycles. The fourth-order valence-corrected chi connectivity index (χ4v) is 2.59. The van der Waals surface area contributed by atoms with Gasteiger partial charge in [0.15, 0.2) is 0 Å². The number of hydrogen-bond donors (Lipinski definition) is 2. The average Bonchev–Trinajstić information content (AvgIpc) is 2.40. The van der Waals surface area contributed by atoms with Crippen molar-refractivity contribution in [3.05, 3.63) is 24.3 Å². The maximum atomic E-state index is 11.1. The second-order valence-electron chi connectivity index (χ2n) is 4.82. The first-order valence-electron chi connectivity index (χ1n) is 6.46. The van der Waals surface area contributed by atoms with Crippen molar-refractivity contribution in [2.24, 2.45) is 11.8 Å². The van der Waals surface area contributed by atoms with Crippen LogP contribution in [0.3, 0.4) is 0 Å². The molecule has 1 aliphatic carbocycles. The minimum absolute atomic E-state index is 0.184. The van der Waals surface area contributed by atoms with E-state index in [0.29, 0.717) is 6.54 Å². The second-order valence-corrected chi connectivity index (χ2v) is 4.82. The zero-order chi connectivity index (χ0) is 12.8. The highest BCUT2D eigenvalue weighted by atomic mass is 16.4. The summed E-state index contributed by atoms with van der Waals surface area (Å²) in [5.41, 5.74) is 0.938. The third-order valence-electron chi connectivity index (χ3n) is 3.58. The Morgan fingerprint density at radius 1 is 1.44 bits per heavy atom. The number of nitrogens with one attached hydrogen (secondary N) is 1. The SMILES string of the molecule is O=C(O)C1CCCCC1CNCc1ccncn1. The number of carboxylic acids is 1. The predicted molar refractivity (Wildman–Crippen MR) is 66.8 cm³/mol. The maximum Gasteiger partial charge on any atom is 0.306 e. The lowest BCUT2D eigenvalue weighted by atomic mass is 9.79. The molecule has 18 heavy (non-hydrogen) atoms. The van der Waals surface area contributed by atoms with E-state index in [1.54, 1.807) is 6.20 Å². The molecule has 1 heterocycles. The summed E-state index contributed by atoms with van der Waals surface area (Å²) in [6.07, 6.45) is 7.24. The fraction of sp³-hybridized carbons (Fsp3) is 0.615. The quantitative estimate of drug-likeness (QED) is 0.826. The molecule has 0 amide bonds. The first-order valence-corrected chi connectivity index (χ1v) is 6.46. The lowest BCUT2D eigenvalue weighted by molar-refractivity contribution is -0.144. The molecule has 5 nitrogen and oxygen atoms in total. The highest BCUT2D eigenvalue weighted by Crippen LogP contribution is 2.29. The molecule has 0 aromatic carbocycles. The molecule has 0 radical (unpaired) electrons. The van der Waals surface area contributed by atoms with Crippen LogP contribution < -0.4 is 5.32 Å². The van der Waals surface area contributed by atoms with E-state index in [1.807, 2.05) is 6.07 Å². The normalized spacial score (nSPS) is 23.8. The van der Waals surface area contributed by atoms with Crippen LogP contribution in [-0.4, -0.2) is 27.6 Å². The Balaban J connectivity index is 1.79. The predicted octanol–water partition coefficient (Wildman–Crippen LogP) is 1.46. The van der Waals surface area contributed by atoms with Gasteiger partial charge in [-0.25, -0.2) is 9.97 Å². The Morgan fingerprint density at radius 3 is 3.00 bits per heavy atom. The van der Waals surface area contributed by atoms with Gasteiger partial charge in [-0.15, -0.1) is 0 Å². The molecule has 2 rings (SSSR count).